The van der Waals surface area contributed by atoms with Crippen LogP contribution in [0.2, 0.25) is 0 Å². The van der Waals surface area contributed by atoms with E-state index in [1.54, 1.807) is 24.3 Å². The zero-order chi connectivity index (χ0) is 14.3. The predicted octanol–water partition coefficient (Wildman–Crippen LogP) is 4.21. The van der Waals surface area contributed by atoms with E-state index in [1.807, 2.05) is 0 Å². The predicted molar refractivity (Wildman–Crippen MR) is 72.3 cm³/mol. The van der Waals surface area contributed by atoms with Gasteiger partial charge in [0.1, 0.15) is 0 Å². The largest absolute Gasteiger partial charge is 0.333 e. The number of rotatable bonds is 2. The number of fused-ring (bicyclic) bond motifs is 2. The minimum Gasteiger partial charge on any atom is -0.255 e. The fourth-order valence-corrected chi connectivity index (χ4v) is 2.55. The summed E-state index contributed by atoms with van der Waals surface area (Å²) in [6.07, 6.45) is 0. The molecule has 98 valence electrons. The summed E-state index contributed by atoms with van der Waals surface area (Å²) >= 11 is 0. The molecule has 3 aromatic rings. The molecule has 0 bridgehead atoms. The summed E-state index contributed by atoms with van der Waals surface area (Å²) in [5.41, 5.74) is -0.276. The molecule has 2 nitrogen and oxygen atoms in total. The summed E-state index contributed by atoms with van der Waals surface area (Å²) in [4.78, 5) is 22.6. The second-order valence-corrected chi connectivity index (χ2v) is 4.39. The van der Waals surface area contributed by atoms with Crippen molar-refractivity contribution in [3.8, 4) is 0 Å². The normalized spacial score (nSPS) is 10.9. The third-order valence-electron chi connectivity index (χ3n) is 3.32. The molecule has 3 rings (SSSR count). The van der Waals surface area contributed by atoms with E-state index in [2.05, 4.69) is 0 Å². The van der Waals surface area contributed by atoms with Gasteiger partial charge in [0.25, 0.3) is 0 Å². The van der Waals surface area contributed by atoms with Crippen LogP contribution in [0.3, 0.4) is 0 Å². The Morgan fingerprint density at radius 1 is 0.600 bits per heavy atom. The average Bonchev–Trinajstić information content (AvgIpc) is 2.43. The van der Waals surface area contributed by atoms with Crippen LogP contribution in [-0.4, -0.2) is 12.1 Å². The number of hydrogen-bond acceptors (Lipinski definition) is 2. The van der Waals surface area contributed by atoms with E-state index in [4.69, 9.17) is 0 Å². The topological polar surface area (TPSA) is 34.1 Å². The molecule has 0 saturated heterocycles. The second kappa shape index (κ2) is 4.49. The molecule has 3 aromatic carbocycles. The van der Waals surface area contributed by atoms with Crippen LogP contribution >= 0.6 is 0 Å². The first-order chi connectivity index (χ1) is 9.61. The molecule has 0 aliphatic rings. The number of carbonyl (C=O) groups excluding carboxylic acids is 2. The lowest BCUT2D eigenvalue weighted by Gasteiger charge is -2.11. The van der Waals surface area contributed by atoms with Gasteiger partial charge in [0.15, 0.2) is 0 Å². The van der Waals surface area contributed by atoms with Gasteiger partial charge in [-0.15, -0.1) is 0 Å². The van der Waals surface area contributed by atoms with Gasteiger partial charge in [-0.05, 0) is 21.5 Å². The molecule has 0 amide bonds. The third kappa shape index (κ3) is 1.69. The fraction of sp³-hybridized carbons (Fsp3) is 0. The van der Waals surface area contributed by atoms with E-state index in [9.17, 15) is 18.4 Å². The van der Waals surface area contributed by atoms with Crippen molar-refractivity contribution < 1.29 is 18.4 Å². The second-order valence-electron chi connectivity index (χ2n) is 4.39. The SMILES string of the molecule is O=C(F)c1c2ccccc2c(C(=O)F)c2ccccc12. The molecule has 0 atom stereocenters. The first kappa shape index (κ1) is 12.4. The molecular formula is C16H8F2O2. The van der Waals surface area contributed by atoms with Crippen molar-refractivity contribution in [1.82, 2.24) is 0 Å². The molecule has 20 heavy (non-hydrogen) atoms. The van der Waals surface area contributed by atoms with E-state index in [0.29, 0.717) is 0 Å². The van der Waals surface area contributed by atoms with Gasteiger partial charge < -0.3 is 0 Å². The van der Waals surface area contributed by atoms with E-state index < -0.39 is 12.1 Å². The van der Waals surface area contributed by atoms with Crippen LogP contribution in [0.4, 0.5) is 8.78 Å². The molecule has 0 heterocycles. The molecule has 0 aliphatic carbocycles. The molecule has 0 saturated carbocycles. The monoisotopic (exact) mass is 270 g/mol. The van der Waals surface area contributed by atoms with Crippen LogP contribution in [0.5, 0.6) is 0 Å². The van der Waals surface area contributed by atoms with Crippen molar-refractivity contribution in [2.45, 2.75) is 0 Å². The molecule has 0 fully saturated rings. The maximum Gasteiger partial charge on any atom is 0.333 e. The standard InChI is InChI=1S/C16H8F2O2/c17-15(19)13-9-5-1-2-6-10(9)14(16(18)20)12-8-4-3-7-11(12)13/h1-8H. The summed E-state index contributed by atoms with van der Waals surface area (Å²) in [5, 5.41) is 0.943. The van der Waals surface area contributed by atoms with Gasteiger partial charge in [-0.2, -0.15) is 8.78 Å². The highest BCUT2D eigenvalue weighted by atomic mass is 19.1. The Balaban J connectivity index is 2.69. The number of hydrogen-bond donors (Lipinski definition) is 0. The van der Waals surface area contributed by atoms with Crippen LogP contribution in [0.15, 0.2) is 48.5 Å². The minimum atomic E-state index is -1.60. The van der Waals surface area contributed by atoms with Gasteiger partial charge in [0.2, 0.25) is 0 Å². The highest BCUT2D eigenvalue weighted by molar-refractivity contribution is 6.24. The molecule has 0 radical (unpaired) electrons. The van der Waals surface area contributed by atoms with Crippen molar-refractivity contribution in [2.75, 3.05) is 0 Å². The summed E-state index contributed by atoms with van der Waals surface area (Å²) in [7, 11) is 0. The highest BCUT2D eigenvalue weighted by Gasteiger charge is 2.21. The molecule has 0 aromatic heterocycles. The molecule has 0 unspecified atom stereocenters. The number of benzene rings is 3. The molecule has 0 spiro atoms. The van der Waals surface area contributed by atoms with Gasteiger partial charge in [-0.1, -0.05) is 48.5 Å². The molecule has 0 N–H and O–H groups in total. The lowest BCUT2D eigenvalue weighted by Crippen LogP contribution is -2.01. The summed E-state index contributed by atoms with van der Waals surface area (Å²) in [6, 6.07) is 9.23. The van der Waals surface area contributed by atoms with Crippen LogP contribution in [0.25, 0.3) is 21.5 Å². The first-order valence-corrected chi connectivity index (χ1v) is 5.94. The maximum atomic E-state index is 13.4. The van der Waals surface area contributed by atoms with Crippen molar-refractivity contribution >= 4 is 33.6 Å². The van der Waals surface area contributed by atoms with Gasteiger partial charge >= 0.3 is 12.1 Å². The van der Waals surface area contributed by atoms with Crippen LogP contribution in [0.1, 0.15) is 20.7 Å². The Morgan fingerprint density at radius 3 is 1.05 bits per heavy atom. The smallest absolute Gasteiger partial charge is 0.255 e. The first-order valence-electron chi connectivity index (χ1n) is 5.94. The zero-order valence-corrected chi connectivity index (χ0v) is 10.2. The van der Waals surface area contributed by atoms with E-state index in [0.717, 1.165) is 0 Å². The lowest BCUT2D eigenvalue weighted by atomic mass is 9.92. The van der Waals surface area contributed by atoms with E-state index in [-0.39, 0.29) is 32.7 Å². The highest BCUT2D eigenvalue weighted by Crippen LogP contribution is 2.33. The Hall–Kier alpha value is -2.62. The van der Waals surface area contributed by atoms with Gasteiger partial charge in [0, 0.05) is 0 Å². The summed E-state index contributed by atoms with van der Waals surface area (Å²) in [6.45, 7) is 0. The maximum absolute atomic E-state index is 13.4. The summed E-state index contributed by atoms with van der Waals surface area (Å²) in [5.74, 6) is 0. The lowest BCUT2D eigenvalue weighted by molar-refractivity contribution is 0.0827. The number of carbonyl (C=O) groups is 2. The quantitative estimate of drug-likeness (QED) is 0.516. The van der Waals surface area contributed by atoms with Crippen LogP contribution in [-0.2, 0) is 0 Å². The Labute approximate surface area is 112 Å². The Kier molecular flexibility index (Phi) is 2.79. The van der Waals surface area contributed by atoms with Gasteiger partial charge in [0.05, 0.1) is 11.1 Å². The van der Waals surface area contributed by atoms with Gasteiger partial charge in [-0.25, -0.2) is 0 Å². The van der Waals surface area contributed by atoms with Crippen molar-refractivity contribution in [2.24, 2.45) is 0 Å². The van der Waals surface area contributed by atoms with Crippen molar-refractivity contribution in [3.05, 3.63) is 59.7 Å². The molecular weight excluding hydrogens is 262 g/mol. The molecule has 4 heteroatoms. The van der Waals surface area contributed by atoms with Crippen LogP contribution < -0.4 is 0 Å². The third-order valence-corrected chi connectivity index (χ3v) is 3.32. The minimum absolute atomic E-state index is 0.138. The number of halogens is 2. The average molecular weight is 270 g/mol. The van der Waals surface area contributed by atoms with E-state index >= 15 is 0 Å². The summed E-state index contributed by atoms with van der Waals surface area (Å²) < 4.78 is 26.8. The van der Waals surface area contributed by atoms with E-state index in [1.165, 1.54) is 24.3 Å². The van der Waals surface area contributed by atoms with Crippen molar-refractivity contribution in [3.63, 3.8) is 0 Å². The van der Waals surface area contributed by atoms with Crippen molar-refractivity contribution in [1.29, 1.82) is 0 Å². The van der Waals surface area contributed by atoms with Crippen LogP contribution in [0, 0.1) is 0 Å². The zero-order valence-electron chi connectivity index (χ0n) is 10.2. The Morgan fingerprint density at radius 2 is 0.850 bits per heavy atom. The fourth-order valence-electron chi connectivity index (χ4n) is 2.55. The molecule has 0 aliphatic heterocycles. The van der Waals surface area contributed by atoms with Gasteiger partial charge in [-0.3, -0.25) is 9.59 Å². The Bertz CT molecular complexity index is 740.